The molecule has 2 rings (SSSR count). The topological polar surface area (TPSA) is 55.4 Å². The fraction of sp³-hybridized carbons (Fsp3) is 0.400. The summed E-state index contributed by atoms with van der Waals surface area (Å²) in [5.41, 5.74) is 3.25. The van der Waals surface area contributed by atoms with Gasteiger partial charge in [0.25, 0.3) is 0 Å². The first-order chi connectivity index (χ1) is 11.6. The third-order valence-electron chi connectivity index (χ3n) is 4.15. The molecule has 0 radical (unpaired) electrons. The van der Waals surface area contributed by atoms with E-state index in [0.29, 0.717) is 0 Å². The van der Waals surface area contributed by atoms with Gasteiger partial charge < -0.3 is 4.74 Å². The van der Waals surface area contributed by atoms with Gasteiger partial charge in [0.05, 0.1) is 4.90 Å². The fourth-order valence-electron chi connectivity index (χ4n) is 2.36. The summed E-state index contributed by atoms with van der Waals surface area (Å²) < 4.78 is 32.9. The third-order valence-corrected chi connectivity index (χ3v) is 5.61. The molecule has 0 saturated heterocycles. The van der Waals surface area contributed by atoms with E-state index in [2.05, 4.69) is 31.6 Å². The van der Waals surface area contributed by atoms with Gasteiger partial charge >= 0.3 is 0 Å². The molecule has 0 unspecified atom stereocenters. The highest BCUT2D eigenvalue weighted by Crippen LogP contribution is 2.25. The quantitative estimate of drug-likeness (QED) is 0.793. The van der Waals surface area contributed by atoms with Crippen LogP contribution in [0.3, 0.4) is 0 Å². The molecule has 1 N–H and O–H groups in total. The summed E-state index contributed by atoms with van der Waals surface area (Å²) >= 11 is 0. The van der Waals surface area contributed by atoms with Crippen LogP contribution in [0.4, 0.5) is 0 Å². The predicted molar refractivity (Wildman–Crippen MR) is 102 cm³/mol. The average Bonchev–Trinajstić information content (AvgIpc) is 2.53. The Bertz CT molecular complexity index is 836. The van der Waals surface area contributed by atoms with Crippen LogP contribution >= 0.6 is 0 Å². The highest BCUT2D eigenvalue weighted by atomic mass is 32.2. The van der Waals surface area contributed by atoms with E-state index in [1.165, 1.54) is 5.56 Å². The first kappa shape index (κ1) is 19.5. The van der Waals surface area contributed by atoms with Crippen LogP contribution in [-0.4, -0.2) is 21.6 Å². The minimum Gasteiger partial charge on any atom is -0.492 e. The van der Waals surface area contributed by atoms with E-state index < -0.39 is 10.0 Å². The molecule has 136 valence electrons. The minimum absolute atomic E-state index is 0.0459. The van der Waals surface area contributed by atoms with Gasteiger partial charge in [-0.1, -0.05) is 39.0 Å². The molecule has 0 amide bonds. The largest absolute Gasteiger partial charge is 0.492 e. The Morgan fingerprint density at radius 2 is 1.72 bits per heavy atom. The number of sulfonamides is 1. The third kappa shape index (κ3) is 5.31. The standard InChI is InChI=1S/C20H27NO3S/c1-15-9-10-19(13-16(15)2)25(22,23)21-11-12-24-18-8-6-7-17(14-18)20(3,4)5/h6-10,13-14,21H,11-12H2,1-5H3. The molecular formula is C20H27NO3S. The Morgan fingerprint density at radius 3 is 2.36 bits per heavy atom. The van der Waals surface area contributed by atoms with Crippen molar-refractivity contribution in [1.82, 2.24) is 4.72 Å². The van der Waals surface area contributed by atoms with Crippen LogP contribution in [0.2, 0.25) is 0 Å². The Morgan fingerprint density at radius 1 is 1.00 bits per heavy atom. The number of hydrogen-bond donors (Lipinski definition) is 1. The molecule has 0 heterocycles. The van der Waals surface area contributed by atoms with Crippen molar-refractivity contribution in [3.63, 3.8) is 0 Å². The van der Waals surface area contributed by atoms with E-state index in [0.717, 1.165) is 16.9 Å². The second-order valence-electron chi connectivity index (χ2n) is 7.27. The van der Waals surface area contributed by atoms with Crippen molar-refractivity contribution in [2.45, 2.75) is 44.9 Å². The SMILES string of the molecule is Cc1ccc(S(=O)(=O)NCCOc2cccc(C(C)(C)C)c2)cc1C. The number of benzene rings is 2. The van der Waals surface area contributed by atoms with Gasteiger partial charge in [-0.15, -0.1) is 0 Å². The lowest BCUT2D eigenvalue weighted by molar-refractivity contribution is 0.322. The lowest BCUT2D eigenvalue weighted by atomic mass is 9.87. The zero-order valence-electron chi connectivity index (χ0n) is 15.6. The Labute approximate surface area is 151 Å². The predicted octanol–water partition coefficient (Wildman–Crippen LogP) is 3.96. The molecular weight excluding hydrogens is 334 g/mol. The lowest BCUT2D eigenvalue weighted by Crippen LogP contribution is -2.28. The molecule has 0 aliphatic heterocycles. The molecule has 0 bridgehead atoms. The normalized spacial score (nSPS) is 12.2. The number of aryl methyl sites for hydroxylation is 2. The van der Waals surface area contributed by atoms with Crippen LogP contribution in [0.25, 0.3) is 0 Å². The molecule has 5 heteroatoms. The van der Waals surface area contributed by atoms with Crippen LogP contribution in [0.15, 0.2) is 47.4 Å². The number of rotatable bonds is 6. The van der Waals surface area contributed by atoms with Crippen molar-refractivity contribution >= 4 is 10.0 Å². The molecule has 0 aliphatic rings. The van der Waals surface area contributed by atoms with Crippen LogP contribution in [0.5, 0.6) is 5.75 Å². The zero-order valence-corrected chi connectivity index (χ0v) is 16.4. The zero-order chi connectivity index (χ0) is 18.7. The van der Waals surface area contributed by atoms with E-state index >= 15 is 0 Å². The van der Waals surface area contributed by atoms with Crippen LogP contribution in [0, 0.1) is 13.8 Å². The molecule has 2 aromatic carbocycles. The Hall–Kier alpha value is -1.85. The van der Waals surface area contributed by atoms with Gasteiger partial charge in [0.1, 0.15) is 12.4 Å². The monoisotopic (exact) mass is 361 g/mol. The van der Waals surface area contributed by atoms with Crippen molar-refractivity contribution in [2.24, 2.45) is 0 Å². The van der Waals surface area contributed by atoms with Crippen LogP contribution in [0.1, 0.15) is 37.5 Å². The Kier molecular flexibility index (Phi) is 5.91. The van der Waals surface area contributed by atoms with Crippen molar-refractivity contribution < 1.29 is 13.2 Å². The minimum atomic E-state index is -3.52. The molecule has 25 heavy (non-hydrogen) atoms. The molecule has 0 saturated carbocycles. The van der Waals surface area contributed by atoms with Gasteiger partial charge in [-0.3, -0.25) is 0 Å². The summed E-state index contributed by atoms with van der Waals surface area (Å²) in [4.78, 5) is 0.283. The maximum Gasteiger partial charge on any atom is 0.240 e. The highest BCUT2D eigenvalue weighted by molar-refractivity contribution is 7.89. The summed E-state index contributed by atoms with van der Waals surface area (Å²) in [6.45, 7) is 10.8. The molecule has 0 atom stereocenters. The van der Waals surface area contributed by atoms with Gasteiger partial charge in [0.15, 0.2) is 0 Å². The average molecular weight is 362 g/mol. The molecule has 0 aliphatic carbocycles. The lowest BCUT2D eigenvalue weighted by Gasteiger charge is -2.19. The molecule has 0 spiro atoms. The summed E-state index contributed by atoms with van der Waals surface area (Å²) in [6, 6.07) is 13.0. The summed E-state index contributed by atoms with van der Waals surface area (Å²) in [7, 11) is -3.52. The van der Waals surface area contributed by atoms with Crippen molar-refractivity contribution in [3.05, 3.63) is 59.2 Å². The van der Waals surface area contributed by atoms with E-state index in [-0.39, 0.29) is 23.5 Å². The number of ether oxygens (including phenoxy) is 1. The van der Waals surface area contributed by atoms with Crippen LogP contribution < -0.4 is 9.46 Å². The molecule has 0 aromatic heterocycles. The van der Waals surface area contributed by atoms with E-state index in [4.69, 9.17) is 4.74 Å². The first-order valence-electron chi connectivity index (χ1n) is 8.40. The summed E-state index contributed by atoms with van der Waals surface area (Å²) in [5, 5.41) is 0. The van der Waals surface area contributed by atoms with Crippen molar-refractivity contribution in [2.75, 3.05) is 13.2 Å². The number of hydrogen-bond acceptors (Lipinski definition) is 3. The number of nitrogens with one attached hydrogen (secondary N) is 1. The maximum absolute atomic E-state index is 12.3. The molecule has 2 aromatic rings. The van der Waals surface area contributed by atoms with Gasteiger partial charge in [0, 0.05) is 6.54 Å². The van der Waals surface area contributed by atoms with Gasteiger partial charge in [-0.2, -0.15) is 0 Å². The maximum atomic E-state index is 12.3. The van der Waals surface area contributed by atoms with Gasteiger partial charge in [-0.25, -0.2) is 13.1 Å². The fourth-order valence-corrected chi connectivity index (χ4v) is 3.46. The summed E-state index contributed by atoms with van der Waals surface area (Å²) in [5.74, 6) is 0.748. The Balaban J connectivity index is 1.93. The second-order valence-corrected chi connectivity index (χ2v) is 9.04. The van der Waals surface area contributed by atoms with Crippen LogP contribution in [-0.2, 0) is 15.4 Å². The first-order valence-corrected chi connectivity index (χ1v) is 9.88. The smallest absolute Gasteiger partial charge is 0.240 e. The highest BCUT2D eigenvalue weighted by Gasteiger charge is 2.15. The molecule has 0 fully saturated rings. The molecule has 4 nitrogen and oxygen atoms in total. The van der Waals surface area contributed by atoms with Gasteiger partial charge in [0.2, 0.25) is 10.0 Å². The second kappa shape index (κ2) is 7.58. The van der Waals surface area contributed by atoms with E-state index in [1.54, 1.807) is 12.1 Å². The van der Waals surface area contributed by atoms with E-state index in [1.807, 2.05) is 38.1 Å². The van der Waals surface area contributed by atoms with Gasteiger partial charge in [-0.05, 0) is 60.2 Å². The van der Waals surface area contributed by atoms with Crippen molar-refractivity contribution in [1.29, 1.82) is 0 Å². The van der Waals surface area contributed by atoms with E-state index in [9.17, 15) is 8.42 Å². The van der Waals surface area contributed by atoms with Crippen molar-refractivity contribution in [3.8, 4) is 5.75 Å². The summed E-state index contributed by atoms with van der Waals surface area (Å²) in [6.07, 6.45) is 0.